The number of nitrogens with one attached hydrogen (secondary N) is 1. The Morgan fingerprint density at radius 3 is 2.82 bits per heavy atom. The molecule has 1 amide bonds. The van der Waals surface area contributed by atoms with Crippen LogP contribution < -0.4 is 15.0 Å². The van der Waals surface area contributed by atoms with Crippen molar-refractivity contribution in [3.8, 4) is 22.6 Å². The minimum Gasteiger partial charge on any atom is -0.485 e. The minimum atomic E-state index is -0.143. The van der Waals surface area contributed by atoms with Gasteiger partial charge in [0.2, 0.25) is 5.91 Å². The summed E-state index contributed by atoms with van der Waals surface area (Å²) >= 11 is 0. The van der Waals surface area contributed by atoms with Crippen LogP contribution in [0.5, 0.6) is 5.75 Å². The van der Waals surface area contributed by atoms with Crippen LogP contribution in [0.3, 0.4) is 0 Å². The first-order valence-electron chi connectivity index (χ1n) is 11.0. The Hall–Kier alpha value is -4.20. The molecule has 1 atom stereocenters. The number of ether oxygens (including phenoxy) is 1. The summed E-state index contributed by atoms with van der Waals surface area (Å²) in [6.07, 6.45) is 12.1. The first-order valence-corrected chi connectivity index (χ1v) is 11.0. The Bertz CT molecular complexity index is 1350. The van der Waals surface area contributed by atoms with Gasteiger partial charge in [-0.15, -0.1) is 0 Å². The lowest BCUT2D eigenvalue weighted by Gasteiger charge is -2.28. The maximum Gasteiger partial charge on any atom is 0.227 e. The third-order valence-corrected chi connectivity index (χ3v) is 6.12. The van der Waals surface area contributed by atoms with E-state index in [0.29, 0.717) is 6.42 Å². The zero-order chi connectivity index (χ0) is 22.4. The Morgan fingerprint density at radius 2 is 2.00 bits per heavy atom. The van der Waals surface area contributed by atoms with Gasteiger partial charge in [-0.3, -0.25) is 9.78 Å². The molecule has 3 aromatic heterocycles. The topological polar surface area (TPSA) is 85.2 Å². The third kappa shape index (κ3) is 3.49. The van der Waals surface area contributed by atoms with Crippen LogP contribution in [0.25, 0.3) is 16.8 Å². The van der Waals surface area contributed by atoms with Gasteiger partial charge in [0.1, 0.15) is 17.7 Å². The average molecular weight is 438 g/mol. The van der Waals surface area contributed by atoms with Crippen molar-refractivity contribution in [3.05, 3.63) is 73.2 Å². The van der Waals surface area contributed by atoms with E-state index >= 15 is 0 Å². The lowest BCUT2D eigenvalue weighted by atomic mass is 9.94. The van der Waals surface area contributed by atoms with Crippen LogP contribution in [0.2, 0.25) is 0 Å². The third-order valence-electron chi connectivity index (χ3n) is 6.12. The lowest BCUT2D eigenvalue weighted by molar-refractivity contribution is -0.117. The zero-order valence-corrected chi connectivity index (χ0v) is 18.1. The number of imidazole rings is 1. The van der Waals surface area contributed by atoms with E-state index in [4.69, 9.17) is 4.74 Å². The lowest BCUT2D eigenvalue weighted by Crippen LogP contribution is -2.24. The minimum absolute atomic E-state index is 0.143. The Labute approximate surface area is 190 Å². The Kier molecular flexibility index (Phi) is 4.57. The summed E-state index contributed by atoms with van der Waals surface area (Å²) in [5.41, 5.74) is 5.72. The molecule has 1 aromatic carbocycles. The van der Waals surface area contributed by atoms with Gasteiger partial charge in [-0.1, -0.05) is 0 Å². The van der Waals surface area contributed by atoms with Gasteiger partial charge in [-0.05, 0) is 37.6 Å². The molecule has 1 fully saturated rings. The zero-order valence-electron chi connectivity index (χ0n) is 18.1. The summed E-state index contributed by atoms with van der Waals surface area (Å²) < 4.78 is 8.15. The molecule has 0 bridgehead atoms. The number of rotatable bonds is 4. The number of nitrogens with zero attached hydrogens (tertiary/aromatic N) is 5. The molecule has 0 saturated carbocycles. The van der Waals surface area contributed by atoms with Crippen LogP contribution in [0.1, 0.15) is 31.4 Å². The van der Waals surface area contributed by atoms with Gasteiger partial charge in [0.15, 0.2) is 0 Å². The van der Waals surface area contributed by atoms with Crippen LogP contribution in [0.15, 0.2) is 67.6 Å². The maximum atomic E-state index is 12.1. The molecular weight excluding hydrogens is 416 g/mol. The molecule has 1 unspecified atom stereocenters. The molecule has 2 aliphatic rings. The number of hydrogen-bond donors (Lipinski definition) is 1. The van der Waals surface area contributed by atoms with Crippen LogP contribution in [-0.4, -0.2) is 32.0 Å². The monoisotopic (exact) mass is 438 g/mol. The standard InChI is InChI=1S/C25H22N6O2/c1-16-21-11-24(29-17-9-19(13-27-12-17)30-8-6-26-15-30)28-14-22(21)20-5-4-18(10-23(20)33-16)31-7-2-3-25(31)32/h4-6,8-16H,2-3,7H2,1H3,(H,28,29). The highest BCUT2D eigenvalue weighted by atomic mass is 16.5. The predicted molar refractivity (Wildman–Crippen MR) is 125 cm³/mol. The molecule has 0 spiro atoms. The number of anilines is 3. The fourth-order valence-corrected chi connectivity index (χ4v) is 4.47. The number of carbonyl (C=O) groups is 1. The fraction of sp³-hybridized carbons (Fsp3) is 0.200. The van der Waals surface area contributed by atoms with Crippen molar-refractivity contribution in [1.82, 2.24) is 19.5 Å². The Morgan fingerprint density at radius 1 is 1.06 bits per heavy atom. The van der Waals surface area contributed by atoms with Gasteiger partial charge in [0, 0.05) is 60.0 Å². The van der Waals surface area contributed by atoms with Gasteiger partial charge in [-0.2, -0.15) is 0 Å². The molecule has 164 valence electrons. The first-order chi connectivity index (χ1) is 16.2. The Balaban J connectivity index is 1.30. The fourth-order valence-electron chi connectivity index (χ4n) is 4.47. The van der Waals surface area contributed by atoms with E-state index in [1.54, 1.807) is 24.9 Å². The van der Waals surface area contributed by atoms with Gasteiger partial charge in [0.05, 0.1) is 30.1 Å². The van der Waals surface area contributed by atoms with E-state index in [1.165, 1.54) is 0 Å². The molecular formula is C25H22N6O2. The number of carbonyl (C=O) groups excluding carboxylic acids is 1. The molecule has 4 aromatic rings. The highest BCUT2D eigenvalue weighted by Crippen LogP contribution is 2.44. The summed E-state index contributed by atoms with van der Waals surface area (Å²) in [6.45, 7) is 2.79. The van der Waals surface area contributed by atoms with Crippen LogP contribution in [0, 0.1) is 0 Å². The number of fused-ring (bicyclic) bond motifs is 3. The summed E-state index contributed by atoms with van der Waals surface area (Å²) in [5, 5.41) is 3.34. The highest BCUT2D eigenvalue weighted by molar-refractivity contribution is 5.96. The number of hydrogen-bond acceptors (Lipinski definition) is 6. The molecule has 5 heterocycles. The largest absolute Gasteiger partial charge is 0.485 e. The van der Waals surface area contributed by atoms with Crippen LogP contribution in [0.4, 0.5) is 17.2 Å². The van der Waals surface area contributed by atoms with E-state index < -0.39 is 0 Å². The van der Waals surface area contributed by atoms with E-state index in [1.807, 2.05) is 59.1 Å². The predicted octanol–water partition coefficient (Wildman–Crippen LogP) is 4.65. The SMILES string of the molecule is CC1Oc2cc(N3CCCC3=O)ccc2-c2cnc(Nc3cncc(-n4ccnc4)c3)cc21. The first kappa shape index (κ1) is 19.5. The molecule has 1 N–H and O–H groups in total. The molecule has 2 aliphatic heterocycles. The van der Waals surface area contributed by atoms with Crippen molar-refractivity contribution in [3.63, 3.8) is 0 Å². The van der Waals surface area contributed by atoms with Gasteiger partial charge < -0.3 is 19.5 Å². The van der Waals surface area contributed by atoms with Gasteiger partial charge in [0.25, 0.3) is 0 Å². The summed E-state index contributed by atoms with van der Waals surface area (Å²) in [6, 6.07) is 9.99. The maximum absolute atomic E-state index is 12.1. The molecule has 1 saturated heterocycles. The second-order valence-electron chi connectivity index (χ2n) is 8.27. The van der Waals surface area contributed by atoms with Crippen molar-refractivity contribution in [2.75, 3.05) is 16.8 Å². The molecule has 6 rings (SSSR count). The summed E-state index contributed by atoms with van der Waals surface area (Å²) in [7, 11) is 0. The highest BCUT2D eigenvalue weighted by Gasteiger charge is 2.27. The summed E-state index contributed by atoms with van der Waals surface area (Å²) in [4.78, 5) is 27.0. The van der Waals surface area contributed by atoms with Crippen molar-refractivity contribution in [1.29, 1.82) is 0 Å². The molecule has 0 aliphatic carbocycles. The van der Waals surface area contributed by atoms with Crippen molar-refractivity contribution < 1.29 is 9.53 Å². The second kappa shape index (κ2) is 7.74. The average Bonchev–Trinajstić information content (AvgIpc) is 3.51. The van der Waals surface area contributed by atoms with Gasteiger partial charge >= 0.3 is 0 Å². The number of benzene rings is 1. The van der Waals surface area contributed by atoms with Gasteiger partial charge in [-0.25, -0.2) is 9.97 Å². The molecule has 8 nitrogen and oxygen atoms in total. The number of pyridine rings is 2. The number of aromatic nitrogens is 4. The van der Waals surface area contributed by atoms with Crippen molar-refractivity contribution in [2.45, 2.75) is 25.9 Å². The van der Waals surface area contributed by atoms with Crippen LogP contribution in [-0.2, 0) is 4.79 Å². The normalized spacial score (nSPS) is 16.8. The van der Waals surface area contributed by atoms with Crippen molar-refractivity contribution >= 4 is 23.1 Å². The van der Waals surface area contributed by atoms with Crippen LogP contribution >= 0.6 is 0 Å². The molecule has 33 heavy (non-hydrogen) atoms. The van der Waals surface area contributed by atoms with E-state index in [-0.39, 0.29) is 12.0 Å². The molecule has 0 radical (unpaired) electrons. The quantitative estimate of drug-likeness (QED) is 0.499. The van der Waals surface area contributed by atoms with E-state index in [9.17, 15) is 4.79 Å². The van der Waals surface area contributed by atoms with Crippen molar-refractivity contribution in [2.24, 2.45) is 0 Å². The second-order valence-corrected chi connectivity index (χ2v) is 8.27. The van der Waals surface area contributed by atoms with E-state index in [2.05, 4.69) is 20.3 Å². The molecule has 8 heteroatoms. The smallest absolute Gasteiger partial charge is 0.227 e. The summed E-state index contributed by atoms with van der Waals surface area (Å²) in [5.74, 6) is 1.67. The van der Waals surface area contributed by atoms with E-state index in [0.717, 1.165) is 58.3 Å². The number of amides is 1.